The Kier molecular flexibility index (Phi) is 6.85. The number of furan rings is 1. The van der Waals surface area contributed by atoms with Crippen molar-refractivity contribution in [3.8, 4) is 0 Å². The predicted molar refractivity (Wildman–Crippen MR) is 84.5 cm³/mol. The molecule has 2 rings (SSSR count). The fourth-order valence-electron chi connectivity index (χ4n) is 1.88. The van der Waals surface area contributed by atoms with Crippen LogP contribution >= 0.6 is 24.0 Å². The number of hydrogen-bond donors (Lipinski definition) is 2. The number of halogens is 1. The molecule has 4 nitrogen and oxygen atoms in total. The lowest BCUT2D eigenvalue weighted by Crippen LogP contribution is -2.43. The highest BCUT2D eigenvalue weighted by atomic mass is 127. The maximum Gasteiger partial charge on any atom is 0.191 e. The van der Waals surface area contributed by atoms with E-state index in [4.69, 9.17) is 4.42 Å². The van der Waals surface area contributed by atoms with Crippen molar-refractivity contribution in [3.05, 3.63) is 36.3 Å². The van der Waals surface area contributed by atoms with Crippen LogP contribution in [0.25, 0.3) is 0 Å². The number of guanidine groups is 1. The Morgan fingerprint density at radius 2 is 2.22 bits per heavy atom. The van der Waals surface area contributed by atoms with Crippen molar-refractivity contribution in [2.24, 2.45) is 4.99 Å². The molecule has 0 saturated carbocycles. The quantitative estimate of drug-likeness (QED) is 0.375. The van der Waals surface area contributed by atoms with Gasteiger partial charge in [0, 0.05) is 26.1 Å². The van der Waals surface area contributed by atoms with Gasteiger partial charge < -0.3 is 15.1 Å². The summed E-state index contributed by atoms with van der Waals surface area (Å²) in [5.41, 5.74) is 0. The second-order valence-electron chi connectivity index (χ2n) is 4.11. The van der Waals surface area contributed by atoms with Crippen molar-refractivity contribution in [1.82, 2.24) is 10.6 Å². The van der Waals surface area contributed by atoms with Gasteiger partial charge in [-0.1, -0.05) is 12.2 Å². The molecule has 0 unspecified atom stereocenters. The minimum atomic E-state index is 0. The normalized spacial score (nSPS) is 15.5. The molecule has 1 aliphatic carbocycles. The number of nitrogens with zero attached hydrogens (tertiary/aromatic N) is 1. The van der Waals surface area contributed by atoms with E-state index < -0.39 is 0 Å². The molecule has 0 saturated heterocycles. The standard InChI is InChI=1S/C13H19N3O.HI/c1-14-13(16-11-5-2-3-6-11)15-9-8-12-7-4-10-17-12;/h2-4,7,10-11H,5-6,8-9H2,1H3,(H2,14,15,16);1H. The van der Waals surface area contributed by atoms with E-state index in [0.29, 0.717) is 6.04 Å². The first-order chi connectivity index (χ1) is 8.38. The van der Waals surface area contributed by atoms with E-state index in [1.807, 2.05) is 12.1 Å². The maximum absolute atomic E-state index is 5.27. The molecular formula is C13H20IN3O. The van der Waals surface area contributed by atoms with Crippen LogP contribution in [-0.2, 0) is 6.42 Å². The summed E-state index contributed by atoms with van der Waals surface area (Å²) in [6.45, 7) is 0.827. The highest BCUT2D eigenvalue weighted by molar-refractivity contribution is 14.0. The largest absolute Gasteiger partial charge is 0.469 e. The molecule has 0 aromatic carbocycles. The van der Waals surface area contributed by atoms with Gasteiger partial charge in [0.2, 0.25) is 0 Å². The van der Waals surface area contributed by atoms with Crippen LogP contribution in [0.4, 0.5) is 0 Å². The summed E-state index contributed by atoms with van der Waals surface area (Å²) in [6, 6.07) is 4.38. The first-order valence-electron chi connectivity index (χ1n) is 6.03. The van der Waals surface area contributed by atoms with Crippen molar-refractivity contribution in [3.63, 3.8) is 0 Å². The van der Waals surface area contributed by atoms with Crippen LogP contribution in [-0.4, -0.2) is 25.6 Å². The Bertz CT molecular complexity index is 379. The molecule has 0 bridgehead atoms. The Morgan fingerprint density at radius 3 is 2.83 bits per heavy atom. The van der Waals surface area contributed by atoms with Crippen molar-refractivity contribution in [1.29, 1.82) is 0 Å². The Labute approximate surface area is 125 Å². The second-order valence-corrected chi connectivity index (χ2v) is 4.11. The molecule has 100 valence electrons. The Hall–Kier alpha value is -0.980. The molecule has 1 heterocycles. The van der Waals surface area contributed by atoms with E-state index in [1.165, 1.54) is 0 Å². The van der Waals surface area contributed by atoms with Gasteiger partial charge in [-0.25, -0.2) is 0 Å². The highest BCUT2D eigenvalue weighted by Gasteiger charge is 2.11. The van der Waals surface area contributed by atoms with E-state index in [-0.39, 0.29) is 24.0 Å². The van der Waals surface area contributed by atoms with Crippen LogP contribution in [0.2, 0.25) is 0 Å². The molecule has 5 heteroatoms. The van der Waals surface area contributed by atoms with Gasteiger partial charge in [-0.05, 0) is 25.0 Å². The zero-order chi connectivity index (χ0) is 11.9. The SMILES string of the molecule is CN=C(NCCc1ccco1)NC1CC=CC1.I. The van der Waals surface area contributed by atoms with E-state index in [2.05, 4.69) is 27.8 Å². The molecule has 1 aliphatic rings. The van der Waals surface area contributed by atoms with Crippen LogP contribution in [0.5, 0.6) is 0 Å². The topological polar surface area (TPSA) is 49.6 Å². The first-order valence-corrected chi connectivity index (χ1v) is 6.03. The zero-order valence-electron chi connectivity index (χ0n) is 10.6. The summed E-state index contributed by atoms with van der Waals surface area (Å²) in [4.78, 5) is 4.21. The average Bonchev–Trinajstić information content (AvgIpc) is 3.00. The summed E-state index contributed by atoms with van der Waals surface area (Å²) in [6.07, 6.45) is 9.14. The third kappa shape index (κ3) is 4.72. The van der Waals surface area contributed by atoms with Gasteiger partial charge >= 0.3 is 0 Å². The molecule has 2 N–H and O–H groups in total. The molecule has 1 aromatic heterocycles. The summed E-state index contributed by atoms with van der Waals surface area (Å²) < 4.78 is 5.27. The van der Waals surface area contributed by atoms with Crippen LogP contribution in [0.3, 0.4) is 0 Å². The number of nitrogens with one attached hydrogen (secondary N) is 2. The van der Waals surface area contributed by atoms with E-state index >= 15 is 0 Å². The molecule has 0 fully saturated rings. The lowest BCUT2D eigenvalue weighted by Gasteiger charge is -2.16. The van der Waals surface area contributed by atoms with E-state index in [1.54, 1.807) is 13.3 Å². The maximum atomic E-state index is 5.27. The van der Waals surface area contributed by atoms with Crippen LogP contribution in [0.15, 0.2) is 40.0 Å². The predicted octanol–water partition coefficient (Wildman–Crippen LogP) is 2.32. The fourth-order valence-corrected chi connectivity index (χ4v) is 1.88. The third-order valence-electron chi connectivity index (χ3n) is 2.82. The highest BCUT2D eigenvalue weighted by Crippen LogP contribution is 2.08. The van der Waals surface area contributed by atoms with Crippen LogP contribution in [0, 0.1) is 0 Å². The molecule has 0 atom stereocenters. The van der Waals surface area contributed by atoms with Gasteiger partial charge in [0.25, 0.3) is 0 Å². The molecule has 0 spiro atoms. The molecule has 0 aliphatic heterocycles. The average molecular weight is 361 g/mol. The fraction of sp³-hybridized carbons (Fsp3) is 0.462. The van der Waals surface area contributed by atoms with Crippen LogP contribution in [0.1, 0.15) is 18.6 Å². The molecular weight excluding hydrogens is 341 g/mol. The minimum absolute atomic E-state index is 0. The second kappa shape index (κ2) is 8.18. The van der Waals surface area contributed by atoms with Gasteiger partial charge in [0.15, 0.2) is 5.96 Å². The molecule has 1 aromatic rings. The molecule has 18 heavy (non-hydrogen) atoms. The monoisotopic (exact) mass is 361 g/mol. The van der Waals surface area contributed by atoms with Crippen molar-refractivity contribution in [2.45, 2.75) is 25.3 Å². The lowest BCUT2D eigenvalue weighted by molar-refractivity contribution is 0.506. The smallest absolute Gasteiger partial charge is 0.191 e. The van der Waals surface area contributed by atoms with Gasteiger partial charge in [-0.3, -0.25) is 4.99 Å². The van der Waals surface area contributed by atoms with Gasteiger partial charge in [-0.15, -0.1) is 24.0 Å². The van der Waals surface area contributed by atoms with Gasteiger partial charge in [-0.2, -0.15) is 0 Å². The number of hydrogen-bond acceptors (Lipinski definition) is 2. The van der Waals surface area contributed by atoms with Crippen molar-refractivity contribution in [2.75, 3.05) is 13.6 Å². The number of aliphatic imine (C=N–C) groups is 1. The summed E-state index contributed by atoms with van der Waals surface area (Å²) in [5, 5.41) is 6.68. The molecule has 0 amide bonds. The zero-order valence-corrected chi connectivity index (χ0v) is 12.9. The first kappa shape index (κ1) is 15.1. The Balaban J connectivity index is 0.00000162. The summed E-state index contributed by atoms with van der Waals surface area (Å²) >= 11 is 0. The third-order valence-corrected chi connectivity index (χ3v) is 2.82. The van der Waals surface area contributed by atoms with E-state index in [9.17, 15) is 0 Å². The van der Waals surface area contributed by atoms with Gasteiger partial charge in [0.05, 0.1) is 6.26 Å². The van der Waals surface area contributed by atoms with Gasteiger partial charge in [0.1, 0.15) is 5.76 Å². The van der Waals surface area contributed by atoms with E-state index in [0.717, 1.165) is 37.5 Å². The molecule has 0 radical (unpaired) electrons. The summed E-state index contributed by atoms with van der Waals surface area (Å²) in [5.74, 6) is 1.86. The van der Waals surface area contributed by atoms with Crippen LogP contribution < -0.4 is 10.6 Å². The number of rotatable bonds is 4. The van der Waals surface area contributed by atoms with Crippen molar-refractivity contribution >= 4 is 29.9 Å². The lowest BCUT2D eigenvalue weighted by atomic mass is 10.2. The Morgan fingerprint density at radius 1 is 1.44 bits per heavy atom. The summed E-state index contributed by atoms with van der Waals surface area (Å²) in [7, 11) is 1.80. The minimum Gasteiger partial charge on any atom is -0.469 e. The van der Waals surface area contributed by atoms with Crippen molar-refractivity contribution < 1.29 is 4.42 Å².